The lowest BCUT2D eigenvalue weighted by molar-refractivity contribution is 0.470. The normalized spacial score (nSPS) is 10.8. The quantitative estimate of drug-likeness (QED) is 0.761. The van der Waals surface area contributed by atoms with E-state index >= 15 is 0 Å². The van der Waals surface area contributed by atoms with E-state index in [4.69, 9.17) is 27.9 Å². The Balaban J connectivity index is 2.29. The predicted octanol–water partition coefficient (Wildman–Crippen LogP) is 4.78. The zero-order valence-electron chi connectivity index (χ0n) is 10.7. The van der Waals surface area contributed by atoms with Crippen LogP contribution in [0.1, 0.15) is 31.3 Å². The van der Waals surface area contributed by atoms with E-state index in [-0.39, 0.29) is 11.8 Å². The van der Waals surface area contributed by atoms with E-state index in [1.807, 2.05) is 26.0 Å². The smallest absolute Gasteiger partial charge is 0.168 e. The number of ether oxygens (including phenoxy) is 1. The zero-order chi connectivity index (χ0) is 13.8. The van der Waals surface area contributed by atoms with Crippen molar-refractivity contribution in [3.63, 3.8) is 0 Å². The molecule has 0 saturated heterocycles. The van der Waals surface area contributed by atoms with E-state index in [0.717, 1.165) is 5.82 Å². The molecule has 1 heterocycles. The number of benzene rings is 1. The molecule has 0 amide bonds. The van der Waals surface area contributed by atoms with E-state index in [1.54, 1.807) is 18.3 Å². The first-order valence-electron chi connectivity index (χ1n) is 5.95. The van der Waals surface area contributed by atoms with Gasteiger partial charge in [-0.05, 0) is 18.2 Å². The number of rotatable bonds is 4. The summed E-state index contributed by atoms with van der Waals surface area (Å²) in [6.45, 7) is 4.07. The van der Waals surface area contributed by atoms with Gasteiger partial charge in [-0.1, -0.05) is 31.5 Å². The molecule has 0 saturated carbocycles. The van der Waals surface area contributed by atoms with Crippen molar-refractivity contribution in [3.8, 4) is 11.5 Å². The summed E-state index contributed by atoms with van der Waals surface area (Å²) in [5.41, 5.74) is 0.681. The highest BCUT2D eigenvalue weighted by molar-refractivity contribution is 6.30. The Labute approximate surface area is 122 Å². The molecule has 0 atom stereocenters. The van der Waals surface area contributed by atoms with Crippen LogP contribution in [0, 0.1) is 0 Å². The van der Waals surface area contributed by atoms with Gasteiger partial charge in [0.05, 0.1) is 12.1 Å². The van der Waals surface area contributed by atoms with Crippen LogP contribution in [0.5, 0.6) is 11.5 Å². The number of alkyl halides is 1. The Morgan fingerprint density at radius 3 is 2.74 bits per heavy atom. The number of hydrogen-bond acceptors (Lipinski definition) is 3. The topological polar surface area (TPSA) is 35.0 Å². The van der Waals surface area contributed by atoms with Gasteiger partial charge in [-0.2, -0.15) is 0 Å². The SMILES string of the molecule is CC(C)c1ncc(Oc2cccc(Cl)c2)c(CCl)n1. The van der Waals surface area contributed by atoms with Crippen molar-refractivity contribution >= 4 is 23.2 Å². The minimum atomic E-state index is 0.252. The van der Waals surface area contributed by atoms with E-state index in [0.29, 0.717) is 22.2 Å². The molecule has 0 fully saturated rings. The number of hydrogen-bond donors (Lipinski definition) is 0. The number of aromatic nitrogens is 2. The fraction of sp³-hybridized carbons (Fsp3) is 0.286. The summed E-state index contributed by atoms with van der Waals surface area (Å²) in [6.07, 6.45) is 1.65. The predicted molar refractivity (Wildman–Crippen MR) is 77.2 cm³/mol. The van der Waals surface area contributed by atoms with E-state index in [9.17, 15) is 0 Å². The van der Waals surface area contributed by atoms with Crippen molar-refractivity contribution in [3.05, 3.63) is 47.0 Å². The first kappa shape index (κ1) is 14.1. The van der Waals surface area contributed by atoms with Crippen LogP contribution in [-0.4, -0.2) is 9.97 Å². The van der Waals surface area contributed by atoms with Crippen molar-refractivity contribution in [2.75, 3.05) is 0 Å². The maximum atomic E-state index is 5.91. The molecule has 100 valence electrons. The summed E-state index contributed by atoms with van der Waals surface area (Å²) >= 11 is 11.8. The molecule has 0 unspecified atom stereocenters. The molecule has 0 bridgehead atoms. The Kier molecular flexibility index (Phi) is 4.61. The maximum absolute atomic E-state index is 5.91. The van der Waals surface area contributed by atoms with Crippen LogP contribution in [0.3, 0.4) is 0 Å². The standard InChI is InChI=1S/C14H14Cl2N2O/c1-9(2)14-17-8-13(12(7-15)18-14)19-11-5-3-4-10(16)6-11/h3-6,8-9H,7H2,1-2H3. The van der Waals surface area contributed by atoms with Crippen molar-refractivity contribution in [1.82, 2.24) is 9.97 Å². The van der Waals surface area contributed by atoms with E-state index in [2.05, 4.69) is 9.97 Å². The third-order valence-corrected chi connectivity index (χ3v) is 3.00. The van der Waals surface area contributed by atoms with Gasteiger partial charge in [0.25, 0.3) is 0 Å². The van der Waals surface area contributed by atoms with Crippen molar-refractivity contribution in [1.29, 1.82) is 0 Å². The molecule has 0 N–H and O–H groups in total. The van der Waals surface area contributed by atoms with Crippen LogP contribution in [0.4, 0.5) is 0 Å². The van der Waals surface area contributed by atoms with Crippen molar-refractivity contribution < 1.29 is 4.74 Å². The van der Waals surface area contributed by atoms with Crippen LogP contribution >= 0.6 is 23.2 Å². The molecule has 2 rings (SSSR count). The van der Waals surface area contributed by atoms with Gasteiger partial charge < -0.3 is 4.74 Å². The Hall–Kier alpha value is -1.32. The third-order valence-electron chi connectivity index (χ3n) is 2.51. The molecule has 1 aromatic heterocycles. The second-order valence-electron chi connectivity index (χ2n) is 4.39. The van der Waals surface area contributed by atoms with Gasteiger partial charge in [-0.15, -0.1) is 11.6 Å². The number of halogens is 2. The zero-order valence-corrected chi connectivity index (χ0v) is 12.2. The molecule has 3 nitrogen and oxygen atoms in total. The van der Waals surface area contributed by atoms with Crippen molar-refractivity contribution in [2.24, 2.45) is 0 Å². The summed E-state index contributed by atoms with van der Waals surface area (Å²) < 4.78 is 5.72. The summed E-state index contributed by atoms with van der Waals surface area (Å²) in [4.78, 5) is 8.69. The molecular weight excluding hydrogens is 283 g/mol. The van der Waals surface area contributed by atoms with Crippen LogP contribution in [0.25, 0.3) is 0 Å². The minimum absolute atomic E-state index is 0.252. The van der Waals surface area contributed by atoms with Gasteiger partial charge in [-0.3, -0.25) is 0 Å². The van der Waals surface area contributed by atoms with E-state index < -0.39 is 0 Å². The number of nitrogens with zero attached hydrogens (tertiary/aromatic N) is 2. The summed E-state index contributed by atoms with van der Waals surface area (Å²) in [5, 5.41) is 0.615. The van der Waals surface area contributed by atoms with E-state index in [1.165, 1.54) is 0 Å². The molecule has 0 radical (unpaired) electrons. The highest BCUT2D eigenvalue weighted by atomic mass is 35.5. The van der Waals surface area contributed by atoms with Gasteiger partial charge in [0.2, 0.25) is 0 Å². The van der Waals surface area contributed by atoms with Crippen LogP contribution in [-0.2, 0) is 5.88 Å². The largest absolute Gasteiger partial charge is 0.454 e. The Morgan fingerprint density at radius 1 is 1.32 bits per heavy atom. The van der Waals surface area contributed by atoms with Crippen molar-refractivity contribution in [2.45, 2.75) is 25.6 Å². The fourth-order valence-electron chi connectivity index (χ4n) is 1.54. The average Bonchev–Trinajstić information content (AvgIpc) is 2.39. The molecule has 0 aliphatic heterocycles. The van der Waals surface area contributed by atoms with Gasteiger partial charge in [0.15, 0.2) is 5.75 Å². The van der Waals surface area contributed by atoms with Gasteiger partial charge in [0.1, 0.15) is 17.3 Å². The first-order valence-corrected chi connectivity index (χ1v) is 6.86. The summed E-state index contributed by atoms with van der Waals surface area (Å²) in [6, 6.07) is 7.16. The summed E-state index contributed by atoms with van der Waals surface area (Å²) in [5.74, 6) is 2.48. The highest BCUT2D eigenvalue weighted by Crippen LogP contribution is 2.27. The Bertz CT molecular complexity index is 573. The third kappa shape index (κ3) is 3.58. The second kappa shape index (κ2) is 6.22. The molecular formula is C14H14Cl2N2O. The fourth-order valence-corrected chi connectivity index (χ4v) is 1.91. The van der Waals surface area contributed by atoms with Gasteiger partial charge in [-0.25, -0.2) is 9.97 Å². The monoisotopic (exact) mass is 296 g/mol. The molecule has 19 heavy (non-hydrogen) atoms. The minimum Gasteiger partial charge on any atom is -0.454 e. The highest BCUT2D eigenvalue weighted by Gasteiger charge is 2.11. The lowest BCUT2D eigenvalue weighted by atomic mass is 10.2. The molecule has 2 aromatic rings. The molecule has 5 heteroatoms. The van der Waals surface area contributed by atoms with Gasteiger partial charge >= 0.3 is 0 Å². The van der Waals surface area contributed by atoms with Crippen LogP contribution in [0.15, 0.2) is 30.5 Å². The molecule has 0 spiro atoms. The summed E-state index contributed by atoms with van der Waals surface area (Å²) in [7, 11) is 0. The van der Waals surface area contributed by atoms with Gasteiger partial charge in [0, 0.05) is 10.9 Å². The first-order chi connectivity index (χ1) is 9.10. The lowest BCUT2D eigenvalue weighted by Crippen LogP contribution is -2.02. The average molecular weight is 297 g/mol. The Morgan fingerprint density at radius 2 is 2.11 bits per heavy atom. The second-order valence-corrected chi connectivity index (χ2v) is 5.09. The van der Waals surface area contributed by atoms with Crippen LogP contribution < -0.4 is 4.74 Å². The molecule has 1 aromatic carbocycles. The lowest BCUT2D eigenvalue weighted by Gasteiger charge is -2.11. The van der Waals surface area contributed by atoms with Crippen LogP contribution in [0.2, 0.25) is 5.02 Å². The molecule has 0 aliphatic carbocycles. The maximum Gasteiger partial charge on any atom is 0.168 e. The molecule has 0 aliphatic rings.